The lowest BCUT2D eigenvalue weighted by Crippen LogP contribution is -2.41. The maximum absolute atomic E-state index is 9.64. The number of hydrogen-bond donors (Lipinski definition) is 2. The van der Waals surface area contributed by atoms with E-state index in [1.54, 1.807) is 6.20 Å². The Morgan fingerprint density at radius 2 is 1.90 bits per heavy atom. The molecule has 21 heavy (non-hydrogen) atoms. The Morgan fingerprint density at radius 1 is 1.33 bits per heavy atom. The average Bonchev–Trinajstić information content (AvgIpc) is 2.59. The average molecular weight is 290 g/mol. The molecule has 5 nitrogen and oxygen atoms in total. The Labute approximate surface area is 126 Å². The highest BCUT2D eigenvalue weighted by Crippen LogP contribution is 2.38. The van der Waals surface area contributed by atoms with E-state index >= 15 is 0 Å². The fourth-order valence-electron chi connectivity index (χ4n) is 2.08. The van der Waals surface area contributed by atoms with Crippen LogP contribution in [0.15, 0.2) is 17.7 Å². The van der Waals surface area contributed by atoms with Crippen LogP contribution in [0.1, 0.15) is 38.8 Å². The van der Waals surface area contributed by atoms with Gasteiger partial charge in [-0.2, -0.15) is 0 Å². The number of nitrogens with two attached hydrogens (primary N) is 1. The highest BCUT2D eigenvalue weighted by atomic mass is 16.7. The summed E-state index contributed by atoms with van der Waals surface area (Å²) in [4.78, 5) is 4.12. The Morgan fingerprint density at radius 3 is 2.38 bits per heavy atom. The number of nitrogen functional groups attached to an aromatic ring is 1. The van der Waals surface area contributed by atoms with Crippen molar-refractivity contribution in [2.75, 3.05) is 12.3 Å². The van der Waals surface area contributed by atoms with Gasteiger partial charge < -0.3 is 20.1 Å². The van der Waals surface area contributed by atoms with Crippen LogP contribution >= 0.6 is 0 Å². The molecule has 1 aliphatic heterocycles. The minimum atomic E-state index is -0.558. The molecular formula is C15H23BN2O3. The molecule has 114 valence electrons. The monoisotopic (exact) mass is 290 g/mol. The van der Waals surface area contributed by atoms with Crippen molar-refractivity contribution in [3.63, 3.8) is 0 Å². The molecule has 1 aromatic rings. The Balaban J connectivity index is 2.28. The fraction of sp³-hybridized carbons (Fsp3) is 0.533. The zero-order valence-corrected chi connectivity index (χ0v) is 13.3. The molecule has 2 rings (SSSR count). The molecule has 0 atom stereocenters. The van der Waals surface area contributed by atoms with Gasteiger partial charge in [-0.05, 0) is 57.3 Å². The van der Waals surface area contributed by atoms with Crippen LogP contribution in [-0.4, -0.2) is 35.0 Å². The standard InChI is InChI=1S/C15H23BN2O3/c1-10-6-11(8-18-13(10)17)7-12(9-19)16-20-14(2,3)15(4,5)21-16/h6-8,19H,9H2,1-5H3,(H2,17,18). The largest absolute Gasteiger partial charge is 0.492 e. The van der Waals surface area contributed by atoms with E-state index in [2.05, 4.69) is 4.98 Å². The van der Waals surface area contributed by atoms with E-state index in [-0.39, 0.29) is 6.61 Å². The van der Waals surface area contributed by atoms with Crippen molar-refractivity contribution in [1.29, 1.82) is 0 Å². The Hall–Kier alpha value is -1.37. The maximum Gasteiger partial charge on any atom is 0.492 e. The molecule has 1 aromatic heterocycles. The summed E-state index contributed by atoms with van der Waals surface area (Å²) in [6, 6.07) is 1.92. The SMILES string of the molecule is Cc1cc(C=C(CO)B2OC(C)(C)C(C)(C)O2)cnc1N. The van der Waals surface area contributed by atoms with E-state index < -0.39 is 18.3 Å². The first-order valence-electron chi connectivity index (χ1n) is 7.05. The summed E-state index contributed by atoms with van der Waals surface area (Å²) in [6.07, 6.45) is 3.50. The molecule has 2 heterocycles. The van der Waals surface area contributed by atoms with Gasteiger partial charge in [-0.1, -0.05) is 6.08 Å². The second-order valence-corrected chi connectivity index (χ2v) is 6.44. The van der Waals surface area contributed by atoms with E-state index in [4.69, 9.17) is 15.0 Å². The van der Waals surface area contributed by atoms with Gasteiger partial charge in [0.2, 0.25) is 0 Å². The minimum absolute atomic E-state index is 0.139. The lowest BCUT2D eigenvalue weighted by atomic mass is 9.77. The molecule has 1 aliphatic rings. The van der Waals surface area contributed by atoms with Crippen LogP contribution in [0.3, 0.4) is 0 Å². The van der Waals surface area contributed by atoms with Gasteiger partial charge in [-0.25, -0.2) is 4.98 Å². The van der Waals surface area contributed by atoms with E-state index in [0.717, 1.165) is 11.1 Å². The van der Waals surface area contributed by atoms with Crippen molar-refractivity contribution >= 4 is 19.0 Å². The number of nitrogens with zero attached hydrogens (tertiary/aromatic N) is 1. The number of aliphatic hydroxyl groups excluding tert-OH is 1. The van der Waals surface area contributed by atoms with E-state index in [0.29, 0.717) is 11.3 Å². The third-order valence-electron chi connectivity index (χ3n) is 4.23. The van der Waals surface area contributed by atoms with Crippen LogP contribution in [0.25, 0.3) is 6.08 Å². The number of anilines is 1. The normalized spacial score (nSPS) is 20.9. The first kappa shape index (κ1) is 16.0. The van der Waals surface area contributed by atoms with Crippen molar-refractivity contribution in [2.24, 2.45) is 0 Å². The number of rotatable bonds is 3. The number of aryl methyl sites for hydroxylation is 1. The smallest absolute Gasteiger partial charge is 0.400 e. The van der Waals surface area contributed by atoms with Crippen molar-refractivity contribution in [3.05, 3.63) is 28.9 Å². The first-order valence-corrected chi connectivity index (χ1v) is 7.05. The van der Waals surface area contributed by atoms with E-state index in [1.165, 1.54) is 0 Å². The second-order valence-electron chi connectivity index (χ2n) is 6.44. The maximum atomic E-state index is 9.64. The molecule has 3 N–H and O–H groups in total. The zero-order chi connectivity index (χ0) is 15.8. The van der Waals surface area contributed by atoms with Gasteiger partial charge in [0.25, 0.3) is 0 Å². The van der Waals surface area contributed by atoms with Crippen LogP contribution < -0.4 is 5.73 Å². The van der Waals surface area contributed by atoms with Crippen LogP contribution in [0.5, 0.6) is 0 Å². The molecule has 0 aliphatic carbocycles. The van der Waals surface area contributed by atoms with Gasteiger partial charge in [0.15, 0.2) is 0 Å². The number of aliphatic hydroxyl groups is 1. The van der Waals surface area contributed by atoms with Crippen molar-refractivity contribution in [1.82, 2.24) is 4.98 Å². The van der Waals surface area contributed by atoms with Crippen molar-refractivity contribution in [2.45, 2.75) is 45.8 Å². The summed E-state index contributed by atoms with van der Waals surface area (Å²) in [5.74, 6) is 0.508. The topological polar surface area (TPSA) is 77.6 Å². The van der Waals surface area contributed by atoms with Gasteiger partial charge in [0, 0.05) is 6.20 Å². The third-order valence-corrected chi connectivity index (χ3v) is 4.23. The lowest BCUT2D eigenvalue weighted by molar-refractivity contribution is 0.00578. The number of pyridine rings is 1. The van der Waals surface area contributed by atoms with Gasteiger partial charge in [-0.15, -0.1) is 0 Å². The number of aromatic nitrogens is 1. The Kier molecular flexibility index (Phi) is 4.15. The summed E-state index contributed by atoms with van der Waals surface area (Å²) >= 11 is 0. The molecular weight excluding hydrogens is 267 g/mol. The molecule has 0 bridgehead atoms. The highest BCUT2D eigenvalue weighted by Gasteiger charge is 2.52. The second kappa shape index (κ2) is 5.44. The third kappa shape index (κ3) is 3.12. The molecule has 1 fully saturated rings. The van der Waals surface area contributed by atoms with Crippen LogP contribution in [0.2, 0.25) is 0 Å². The van der Waals surface area contributed by atoms with Crippen molar-refractivity contribution < 1.29 is 14.4 Å². The summed E-state index contributed by atoms with van der Waals surface area (Å²) in [6.45, 7) is 9.69. The highest BCUT2D eigenvalue weighted by molar-refractivity contribution is 6.55. The Bertz CT molecular complexity index is 554. The van der Waals surface area contributed by atoms with Crippen molar-refractivity contribution in [3.8, 4) is 0 Å². The molecule has 6 heteroatoms. The minimum Gasteiger partial charge on any atom is -0.400 e. The molecule has 1 saturated heterocycles. The first-order chi connectivity index (χ1) is 9.66. The van der Waals surface area contributed by atoms with E-state index in [9.17, 15) is 5.11 Å². The molecule has 0 unspecified atom stereocenters. The molecule has 0 aromatic carbocycles. The fourth-order valence-corrected chi connectivity index (χ4v) is 2.08. The van der Waals surface area contributed by atoms with Crippen LogP contribution in [-0.2, 0) is 9.31 Å². The zero-order valence-electron chi connectivity index (χ0n) is 13.3. The van der Waals surface area contributed by atoms with Gasteiger partial charge in [0.05, 0.1) is 17.8 Å². The molecule has 0 spiro atoms. The molecule has 0 saturated carbocycles. The summed E-state index contributed by atoms with van der Waals surface area (Å²) in [5, 5.41) is 9.64. The molecule has 0 amide bonds. The van der Waals surface area contributed by atoms with Gasteiger partial charge in [-0.3, -0.25) is 0 Å². The predicted octanol–water partition coefficient (Wildman–Crippen LogP) is 1.98. The lowest BCUT2D eigenvalue weighted by Gasteiger charge is -2.32. The predicted molar refractivity (Wildman–Crippen MR) is 84.5 cm³/mol. The van der Waals surface area contributed by atoms with E-state index in [1.807, 2.05) is 46.8 Å². The van der Waals surface area contributed by atoms with Crippen LogP contribution in [0.4, 0.5) is 5.82 Å². The van der Waals surface area contributed by atoms with Crippen LogP contribution in [0, 0.1) is 6.92 Å². The summed E-state index contributed by atoms with van der Waals surface area (Å²) in [5.41, 5.74) is 7.28. The molecule has 0 radical (unpaired) electrons. The number of hydrogen-bond acceptors (Lipinski definition) is 5. The summed E-state index contributed by atoms with van der Waals surface area (Å²) < 4.78 is 11.9. The summed E-state index contributed by atoms with van der Waals surface area (Å²) in [7, 11) is -0.558. The quantitative estimate of drug-likeness (QED) is 0.832. The van der Waals surface area contributed by atoms with Gasteiger partial charge >= 0.3 is 7.12 Å². The van der Waals surface area contributed by atoms with Gasteiger partial charge in [0.1, 0.15) is 5.82 Å².